The van der Waals surface area contributed by atoms with E-state index in [4.69, 9.17) is 4.74 Å². The molecule has 1 amide bonds. The molecular formula is C25H33N3O3. The van der Waals surface area contributed by atoms with Crippen LogP contribution >= 0.6 is 0 Å². The summed E-state index contributed by atoms with van der Waals surface area (Å²) in [6, 6.07) is 12.1. The highest BCUT2D eigenvalue weighted by molar-refractivity contribution is 5.98. The van der Waals surface area contributed by atoms with Gasteiger partial charge in [-0.2, -0.15) is 0 Å². The van der Waals surface area contributed by atoms with Crippen LogP contribution in [0.2, 0.25) is 0 Å². The number of benzene rings is 1. The predicted octanol–water partition coefficient (Wildman–Crippen LogP) is 3.14. The van der Waals surface area contributed by atoms with Gasteiger partial charge < -0.3 is 19.1 Å². The SMILES string of the molecule is COc1cc(=O)n2c(c1C(=O)N1CCCC1)CCN(CCC(C)c1ccccc1)CC2. The van der Waals surface area contributed by atoms with E-state index in [1.165, 1.54) is 11.6 Å². The molecule has 1 unspecified atom stereocenters. The van der Waals surface area contributed by atoms with Gasteiger partial charge in [0.25, 0.3) is 11.5 Å². The summed E-state index contributed by atoms with van der Waals surface area (Å²) in [4.78, 5) is 30.4. The topological polar surface area (TPSA) is 54.8 Å². The molecule has 166 valence electrons. The molecule has 0 aliphatic carbocycles. The van der Waals surface area contributed by atoms with Gasteiger partial charge in [-0.25, -0.2) is 0 Å². The van der Waals surface area contributed by atoms with E-state index >= 15 is 0 Å². The van der Waals surface area contributed by atoms with Crippen LogP contribution in [0.25, 0.3) is 0 Å². The molecule has 3 heterocycles. The second-order valence-electron chi connectivity index (χ2n) is 8.72. The van der Waals surface area contributed by atoms with Crippen molar-refractivity contribution in [3.05, 3.63) is 63.6 Å². The van der Waals surface area contributed by atoms with Crippen LogP contribution in [0.15, 0.2) is 41.2 Å². The summed E-state index contributed by atoms with van der Waals surface area (Å²) in [5, 5.41) is 0. The number of likely N-dealkylation sites (tertiary alicyclic amines) is 1. The third-order valence-electron chi connectivity index (χ3n) is 6.76. The third kappa shape index (κ3) is 4.69. The van der Waals surface area contributed by atoms with Gasteiger partial charge in [0.15, 0.2) is 0 Å². The Hall–Kier alpha value is -2.60. The second kappa shape index (κ2) is 9.69. The fraction of sp³-hybridized carbons (Fsp3) is 0.520. The van der Waals surface area contributed by atoms with E-state index in [0.29, 0.717) is 30.2 Å². The largest absolute Gasteiger partial charge is 0.496 e. The van der Waals surface area contributed by atoms with Crippen molar-refractivity contribution in [2.75, 3.05) is 39.8 Å². The standard InChI is InChI=1S/C25H33N3O3/c1-19(20-8-4-3-5-9-20)10-14-26-15-11-21-24(25(30)27-12-6-7-13-27)22(31-2)18-23(29)28(21)17-16-26/h3-5,8-9,18-19H,6-7,10-17H2,1-2H3. The molecule has 0 radical (unpaired) electrons. The number of hydrogen-bond acceptors (Lipinski definition) is 4. The molecule has 1 saturated heterocycles. The molecule has 1 aromatic heterocycles. The third-order valence-corrected chi connectivity index (χ3v) is 6.76. The monoisotopic (exact) mass is 423 g/mol. The van der Waals surface area contributed by atoms with E-state index in [2.05, 4.69) is 42.2 Å². The van der Waals surface area contributed by atoms with Crippen LogP contribution in [-0.4, -0.2) is 60.1 Å². The zero-order valence-electron chi connectivity index (χ0n) is 18.7. The molecule has 0 bridgehead atoms. The summed E-state index contributed by atoms with van der Waals surface area (Å²) in [6.07, 6.45) is 3.83. The molecule has 0 spiro atoms. The normalized spacial score (nSPS) is 17.8. The maximum Gasteiger partial charge on any atom is 0.259 e. The van der Waals surface area contributed by atoms with Gasteiger partial charge in [0.1, 0.15) is 11.3 Å². The summed E-state index contributed by atoms with van der Waals surface area (Å²) in [6.45, 7) is 7.08. The average Bonchev–Trinajstić information content (AvgIpc) is 3.25. The molecule has 0 N–H and O–H groups in total. The molecule has 4 rings (SSSR count). The zero-order valence-corrected chi connectivity index (χ0v) is 18.7. The Kier molecular flexibility index (Phi) is 6.76. The highest BCUT2D eigenvalue weighted by atomic mass is 16.5. The average molecular weight is 424 g/mol. The number of pyridine rings is 1. The molecule has 1 fully saturated rings. The summed E-state index contributed by atoms with van der Waals surface area (Å²) < 4.78 is 7.29. The summed E-state index contributed by atoms with van der Waals surface area (Å²) >= 11 is 0. The van der Waals surface area contributed by atoms with Gasteiger partial charge in [-0.1, -0.05) is 37.3 Å². The van der Waals surface area contributed by atoms with E-state index in [9.17, 15) is 9.59 Å². The van der Waals surface area contributed by atoms with E-state index in [1.807, 2.05) is 4.90 Å². The molecular weight excluding hydrogens is 390 g/mol. The lowest BCUT2D eigenvalue weighted by molar-refractivity contribution is 0.0787. The Morgan fingerprint density at radius 3 is 2.52 bits per heavy atom. The minimum atomic E-state index is -0.0793. The minimum absolute atomic E-state index is 0.00394. The molecule has 6 nitrogen and oxygen atoms in total. The summed E-state index contributed by atoms with van der Waals surface area (Å²) in [7, 11) is 1.54. The fourth-order valence-corrected chi connectivity index (χ4v) is 4.81. The van der Waals surface area contributed by atoms with Crippen molar-refractivity contribution in [3.8, 4) is 5.75 Å². The van der Waals surface area contributed by atoms with Crippen LogP contribution in [-0.2, 0) is 13.0 Å². The lowest BCUT2D eigenvalue weighted by atomic mass is 9.98. The van der Waals surface area contributed by atoms with Crippen LogP contribution in [0, 0.1) is 0 Å². The van der Waals surface area contributed by atoms with Gasteiger partial charge in [0.05, 0.1) is 7.11 Å². The summed E-state index contributed by atoms with van der Waals surface area (Å²) in [5.74, 6) is 0.908. The van der Waals surface area contributed by atoms with Gasteiger partial charge in [0, 0.05) is 50.9 Å². The molecule has 2 aliphatic rings. The van der Waals surface area contributed by atoms with E-state index in [0.717, 1.165) is 57.7 Å². The first kappa shape index (κ1) is 21.6. The highest BCUT2D eigenvalue weighted by Crippen LogP contribution is 2.26. The number of aromatic nitrogens is 1. The van der Waals surface area contributed by atoms with Gasteiger partial charge in [0.2, 0.25) is 0 Å². The highest BCUT2D eigenvalue weighted by Gasteiger charge is 2.29. The maximum absolute atomic E-state index is 13.3. The zero-order chi connectivity index (χ0) is 21.8. The first-order valence-corrected chi connectivity index (χ1v) is 11.5. The Labute approximate surface area is 184 Å². The quantitative estimate of drug-likeness (QED) is 0.716. The summed E-state index contributed by atoms with van der Waals surface area (Å²) in [5.41, 5.74) is 2.70. The number of fused-ring (bicyclic) bond motifs is 1. The van der Waals surface area contributed by atoms with Crippen molar-refractivity contribution in [2.24, 2.45) is 0 Å². The first-order chi connectivity index (χ1) is 15.1. The van der Waals surface area contributed by atoms with Crippen molar-refractivity contribution in [1.29, 1.82) is 0 Å². The number of rotatable bonds is 6. The fourth-order valence-electron chi connectivity index (χ4n) is 4.81. The molecule has 2 aromatic rings. The van der Waals surface area contributed by atoms with Crippen molar-refractivity contribution < 1.29 is 9.53 Å². The number of carbonyl (C=O) groups excluding carboxylic acids is 1. The minimum Gasteiger partial charge on any atom is -0.496 e. The van der Waals surface area contributed by atoms with E-state index in [-0.39, 0.29) is 11.5 Å². The maximum atomic E-state index is 13.3. The number of methoxy groups -OCH3 is 1. The van der Waals surface area contributed by atoms with Crippen LogP contribution < -0.4 is 10.3 Å². The molecule has 6 heteroatoms. The smallest absolute Gasteiger partial charge is 0.259 e. The molecule has 1 atom stereocenters. The number of amides is 1. The van der Waals surface area contributed by atoms with Crippen molar-refractivity contribution >= 4 is 5.91 Å². The van der Waals surface area contributed by atoms with Crippen molar-refractivity contribution in [1.82, 2.24) is 14.4 Å². The van der Waals surface area contributed by atoms with Gasteiger partial charge in [-0.05, 0) is 37.3 Å². The number of hydrogen-bond donors (Lipinski definition) is 0. The number of ether oxygens (including phenoxy) is 1. The Morgan fingerprint density at radius 1 is 1.06 bits per heavy atom. The Bertz CT molecular complexity index is 964. The van der Waals surface area contributed by atoms with Crippen molar-refractivity contribution in [3.63, 3.8) is 0 Å². The first-order valence-electron chi connectivity index (χ1n) is 11.5. The second-order valence-corrected chi connectivity index (χ2v) is 8.72. The van der Waals surface area contributed by atoms with Crippen molar-refractivity contribution in [2.45, 2.75) is 45.1 Å². The van der Waals surface area contributed by atoms with E-state index < -0.39 is 0 Å². The van der Waals surface area contributed by atoms with Crippen LogP contribution in [0.3, 0.4) is 0 Å². The predicted molar refractivity (Wildman–Crippen MR) is 122 cm³/mol. The van der Waals surface area contributed by atoms with Crippen LogP contribution in [0.4, 0.5) is 0 Å². The van der Waals surface area contributed by atoms with Gasteiger partial charge in [-0.3, -0.25) is 9.59 Å². The van der Waals surface area contributed by atoms with Crippen LogP contribution in [0.5, 0.6) is 5.75 Å². The number of nitrogens with zero attached hydrogens (tertiary/aromatic N) is 3. The number of carbonyl (C=O) groups is 1. The van der Waals surface area contributed by atoms with Gasteiger partial charge in [-0.15, -0.1) is 0 Å². The molecule has 31 heavy (non-hydrogen) atoms. The molecule has 2 aliphatic heterocycles. The van der Waals surface area contributed by atoms with Crippen LogP contribution in [0.1, 0.15) is 53.7 Å². The van der Waals surface area contributed by atoms with Gasteiger partial charge >= 0.3 is 0 Å². The lowest BCUT2D eigenvalue weighted by Gasteiger charge is -2.22. The van der Waals surface area contributed by atoms with E-state index in [1.54, 1.807) is 11.7 Å². The molecule has 0 saturated carbocycles. The Morgan fingerprint density at radius 2 is 1.81 bits per heavy atom. The molecule has 1 aromatic carbocycles. The lowest BCUT2D eigenvalue weighted by Crippen LogP contribution is -2.33. The Balaban J connectivity index is 1.51.